The van der Waals surface area contributed by atoms with Gasteiger partial charge in [-0.2, -0.15) is 0 Å². The minimum atomic E-state index is 0.311. The molecule has 1 atom stereocenters. The van der Waals surface area contributed by atoms with Gasteiger partial charge in [-0.15, -0.1) is 11.6 Å². The maximum Gasteiger partial charge on any atom is 0.0667 e. The number of rotatable bonds is 7. The van der Waals surface area contributed by atoms with Gasteiger partial charge in [0.25, 0.3) is 0 Å². The molecule has 0 aromatic carbocycles. The second-order valence-electron chi connectivity index (χ2n) is 2.65. The third-order valence-electron chi connectivity index (χ3n) is 1.57. The molecular formula is C8H18ClNO. The Labute approximate surface area is 74.3 Å². The molecule has 0 aliphatic carbocycles. The van der Waals surface area contributed by atoms with E-state index in [0.29, 0.717) is 6.10 Å². The highest BCUT2D eigenvalue weighted by atomic mass is 35.5. The predicted octanol–water partition coefficient (Wildman–Crippen LogP) is 1.63. The van der Waals surface area contributed by atoms with Gasteiger partial charge >= 0.3 is 0 Å². The van der Waals surface area contributed by atoms with E-state index in [1.807, 2.05) is 0 Å². The first-order valence-corrected chi connectivity index (χ1v) is 4.64. The summed E-state index contributed by atoms with van der Waals surface area (Å²) in [5.74, 6) is 0.765. The molecule has 0 aliphatic rings. The average Bonchev–Trinajstić information content (AvgIpc) is 2.04. The number of ether oxygens (including phenoxy) is 1. The molecule has 68 valence electrons. The molecule has 0 amide bonds. The number of unbranched alkanes of at least 4 members (excludes halogenated alkanes) is 1. The van der Waals surface area contributed by atoms with Crippen molar-refractivity contribution in [3.63, 3.8) is 0 Å². The second kappa shape index (κ2) is 8.31. The highest BCUT2D eigenvalue weighted by molar-refractivity contribution is 6.17. The van der Waals surface area contributed by atoms with Crippen molar-refractivity contribution < 1.29 is 4.74 Å². The maximum absolute atomic E-state index is 5.52. The van der Waals surface area contributed by atoms with Crippen molar-refractivity contribution in [1.29, 1.82) is 0 Å². The molecule has 1 unspecified atom stereocenters. The van der Waals surface area contributed by atoms with Gasteiger partial charge in [0.1, 0.15) is 0 Å². The topological polar surface area (TPSA) is 21.3 Å². The Balaban J connectivity index is 2.89. The van der Waals surface area contributed by atoms with Crippen LogP contribution >= 0.6 is 11.6 Å². The van der Waals surface area contributed by atoms with E-state index in [-0.39, 0.29) is 0 Å². The molecule has 0 bridgehead atoms. The van der Waals surface area contributed by atoms with Gasteiger partial charge in [-0.3, -0.25) is 0 Å². The number of hydrogen-bond donors (Lipinski definition) is 1. The van der Waals surface area contributed by atoms with Gasteiger partial charge in [-0.25, -0.2) is 0 Å². The van der Waals surface area contributed by atoms with E-state index in [1.165, 1.54) is 0 Å². The maximum atomic E-state index is 5.52. The summed E-state index contributed by atoms with van der Waals surface area (Å²) >= 11 is 5.52. The van der Waals surface area contributed by atoms with Crippen molar-refractivity contribution in [2.45, 2.75) is 25.9 Å². The van der Waals surface area contributed by atoms with Crippen LogP contribution in [0.25, 0.3) is 0 Å². The van der Waals surface area contributed by atoms with E-state index in [1.54, 1.807) is 7.11 Å². The summed E-state index contributed by atoms with van der Waals surface area (Å²) in [6.45, 7) is 4.02. The minimum absolute atomic E-state index is 0.311. The number of methoxy groups -OCH3 is 1. The first-order chi connectivity index (χ1) is 5.31. The monoisotopic (exact) mass is 179 g/mol. The number of alkyl halides is 1. The molecule has 0 heterocycles. The lowest BCUT2D eigenvalue weighted by Gasteiger charge is -2.09. The molecule has 0 spiro atoms. The normalized spacial score (nSPS) is 13.4. The summed E-state index contributed by atoms with van der Waals surface area (Å²) in [7, 11) is 1.73. The first kappa shape index (κ1) is 11.2. The highest BCUT2D eigenvalue weighted by Gasteiger charge is 1.96. The van der Waals surface area contributed by atoms with Crippen LogP contribution in [0.15, 0.2) is 0 Å². The minimum Gasteiger partial charge on any atom is -0.380 e. The van der Waals surface area contributed by atoms with Crippen LogP contribution in [0.1, 0.15) is 19.8 Å². The van der Waals surface area contributed by atoms with Crippen LogP contribution in [0.5, 0.6) is 0 Å². The summed E-state index contributed by atoms with van der Waals surface area (Å²) in [4.78, 5) is 0. The SMILES string of the molecule is COC(C)CNCCCCCl. The quantitative estimate of drug-likeness (QED) is 0.474. The molecule has 0 saturated carbocycles. The fourth-order valence-corrected chi connectivity index (χ4v) is 0.922. The van der Waals surface area contributed by atoms with Crippen LogP contribution in [-0.4, -0.2) is 32.2 Å². The molecule has 1 N–H and O–H groups in total. The molecular weight excluding hydrogens is 162 g/mol. The van der Waals surface area contributed by atoms with E-state index in [0.717, 1.165) is 31.8 Å². The molecule has 0 aromatic rings. The molecule has 2 nitrogen and oxygen atoms in total. The Kier molecular flexibility index (Phi) is 8.47. The van der Waals surface area contributed by atoms with Crippen molar-refractivity contribution in [1.82, 2.24) is 5.32 Å². The fourth-order valence-electron chi connectivity index (χ4n) is 0.733. The van der Waals surface area contributed by atoms with Gasteiger partial charge in [0, 0.05) is 19.5 Å². The lowest BCUT2D eigenvalue weighted by Crippen LogP contribution is -2.26. The van der Waals surface area contributed by atoms with Crippen LogP contribution in [-0.2, 0) is 4.74 Å². The van der Waals surface area contributed by atoms with E-state index in [2.05, 4.69) is 12.2 Å². The predicted molar refractivity (Wildman–Crippen MR) is 49.3 cm³/mol. The van der Waals surface area contributed by atoms with Crippen molar-refractivity contribution in [3.05, 3.63) is 0 Å². The molecule has 0 radical (unpaired) electrons. The number of hydrogen-bond acceptors (Lipinski definition) is 2. The molecule has 0 aliphatic heterocycles. The second-order valence-corrected chi connectivity index (χ2v) is 3.02. The van der Waals surface area contributed by atoms with Gasteiger partial charge in [0.05, 0.1) is 6.10 Å². The average molecular weight is 180 g/mol. The van der Waals surface area contributed by atoms with Crippen molar-refractivity contribution >= 4 is 11.6 Å². The Morgan fingerprint density at radius 2 is 2.18 bits per heavy atom. The van der Waals surface area contributed by atoms with Gasteiger partial charge in [0.2, 0.25) is 0 Å². The first-order valence-electron chi connectivity index (χ1n) is 4.10. The lowest BCUT2D eigenvalue weighted by atomic mass is 10.3. The Hall–Kier alpha value is 0.210. The standard InChI is InChI=1S/C8H18ClNO/c1-8(11-2)7-10-6-4-3-5-9/h8,10H,3-7H2,1-2H3. The van der Waals surface area contributed by atoms with Gasteiger partial charge in [-0.05, 0) is 26.3 Å². The van der Waals surface area contributed by atoms with Crippen LogP contribution in [0.3, 0.4) is 0 Å². The van der Waals surface area contributed by atoms with Crippen molar-refractivity contribution in [3.8, 4) is 0 Å². The number of nitrogens with one attached hydrogen (secondary N) is 1. The highest BCUT2D eigenvalue weighted by Crippen LogP contribution is 1.90. The third-order valence-corrected chi connectivity index (χ3v) is 1.84. The summed E-state index contributed by atoms with van der Waals surface area (Å²) < 4.78 is 5.07. The van der Waals surface area contributed by atoms with Crippen LogP contribution in [0.2, 0.25) is 0 Å². The molecule has 0 fully saturated rings. The summed E-state index contributed by atoms with van der Waals surface area (Å²) in [5, 5.41) is 3.29. The Morgan fingerprint density at radius 3 is 2.73 bits per heavy atom. The molecule has 0 rings (SSSR count). The molecule has 0 saturated heterocycles. The van der Waals surface area contributed by atoms with Gasteiger partial charge < -0.3 is 10.1 Å². The Bertz CT molecular complexity index is 80.5. The summed E-state index contributed by atoms with van der Waals surface area (Å²) in [6, 6.07) is 0. The lowest BCUT2D eigenvalue weighted by molar-refractivity contribution is 0.117. The molecule has 11 heavy (non-hydrogen) atoms. The van der Waals surface area contributed by atoms with Crippen molar-refractivity contribution in [2.24, 2.45) is 0 Å². The third kappa shape index (κ3) is 8.11. The van der Waals surface area contributed by atoms with E-state index >= 15 is 0 Å². The zero-order valence-corrected chi connectivity index (χ0v) is 8.16. The van der Waals surface area contributed by atoms with E-state index in [4.69, 9.17) is 16.3 Å². The zero-order valence-electron chi connectivity index (χ0n) is 7.40. The van der Waals surface area contributed by atoms with Crippen LogP contribution < -0.4 is 5.32 Å². The summed E-state index contributed by atoms with van der Waals surface area (Å²) in [5.41, 5.74) is 0. The van der Waals surface area contributed by atoms with Gasteiger partial charge in [0.15, 0.2) is 0 Å². The van der Waals surface area contributed by atoms with Gasteiger partial charge in [-0.1, -0.05) is 0 Å². The molecule has 3 heteroatoms. The fraction of sp³-hybridized carbons (Fsp3) is 1.00. The zero-order chi connectivity index (χ0) is 8.53. The Morgan fingerprint density at radius 1 is 1.45 bits per heavy atom. The largest absolute Gasteiger partial charge is 0.380 e. The summed E-state index contributed by atoms with van der Waals surface area (Å²) in [6.07, 6.45) is 2.56. The van der Waals surface area contributed by atoms with E-state index in [9.17, 15) is 0 Å². The van der Waals surface area contributed by atoms with Crippen molar-refractivity contribution in [2.75, 3.05) is 26.1 Å². The molecule has 0 aromatic heterocycles. The smallest absolute Gasteiger partial charge is 0.0667 e. The van der Waals surface area contributed by atoms with Crippen LogP contribution in [0, 0.1) is 0 Å². The van der Waals surface area contributed by atoms with E-state index < -0.39 is 0 Å². The van der Waals surface area contributed by atoms with Crippen LogP contribution in [0.4, 0.5) is 0 Å². The number of halogens is 1.